The summed E-state index contributed by atoms with van der Waals surface area (Å²) in [6, 6.07) is 7.89. The SMILES string of the molecule is O=C(Nc1ccc(C(F)(F)F)cc1)c1cc(Cl)ccc1O. The van der Waals surface area contributed by atoms with E-state index < -0.39 is 17.6 Å². The van der Waals surface area contributed by atoms with Crippen LogP contribution >= 0.6 is 11.6 Å². The van der Waals surface area contributed by atoms with Gasteiger partial charge in [0.15, 0.2) is 0 Å². The summed E-state index contributed by atoms with van der Waals surface area (Å²) >= 11 is 5.72. The highest BCUT2D eigenvalue weighted by molar-refractivity contribution is 6.31. The Morgan fingerprint density at radius 3 is 2.29 bits per heavy atom. The molecule has 0 saturated carbocycles. The maximum atomic E-state index is 12.4. The molecule has 1 amide bonds. The average molecular weight is 316 g/mol. The van der Waals surface area contributed by atoms with Gasteiger partial charge < -0.3 is 10.4 Å². The predicted octanol–water partition coefficient (Wildman–Crippen LogP) is 4.32. The zero-order valence-corrected chi connectivity index (χ0v) is 11.2. The first-order chi connectivity index (χ1) is 9.77. The number of rotatable bonds is 2. The fraction of sp³-hybridized carbons (Fsp3) is 0.0714. The highest BCUT2D eigenvalue weighted by Crippen LogP contribution is 2.30. The molecule has 2 rings (SSSR count). The van der Waals surface area contributed by atoms with E-state index in [2.05, 4.69) is 5.32 Å². The smallest absolute Gasteiger partial charge is 0.416 e. The van der Waals surface area contributed by atoms with Crippen molar-refractivity contribution in [3.63, 3.8) is 0 Å². The number of alkyl halides is 3. The second-order valence-corrected chi connectivity index (χ2v) is 4.63. The summed E-state index contributed by atoms with van der Waals surface area (Å²) in [5.74, 6) is -0.946. The van der Waals surface area contributed by atoms with Gasteiger partial charge in [0.25, 0.3) is 5.91 Å². The van der Waals surface area contributed by atoms with Gasteiger partial charge in [-0.05, 0) is 42.5 Å². The summed E-state index contributed by atoms with van der Waals surface area (Å²) in [5, 5.41) is 12.2. The molecule has 0 aliphatic rings. The first-order valence-electron chi connectivity index (χ1n) is 5.74. The molecule has 0 aliphatic heterocycles. The van der Waals surface area contributed by atoms with Crippen LogP contribution < -0.4 is 5.32 Å². The largest absolute Gasteiger partial charge is 0.507 e. The highest BCUT2D eigenvalue weighted by atomic mass is 35.5. The normalized spacial score (nSPS) is 11.2. The maximum absolute atomic E-state index is 12.4. The van der Waals surface area contributed by atoms with E-state index in [1.54, 1.807) is 0 Å². The van der Waals surface area contributed by atoms with E-state index in [4.69, 9.17) is 11.6 Å². The lowest BCUT2D eigenvalue weighted by molar-refractivity contribution is -0.137. The molecule has 7 heteroatoms. The molecule has 0 fully saturated rings. The lowest BCUT2D eigenvalue weighted by Gasteiger charge is -2.09. The van der Waals surface area contributed by atoms with Crippen LogP contribution in [0.15, 0.2) is 42.5 Å². The minimum Gasteiger partial charge on any atom is -0.507 e. The van der Waals surface area contributed by atoms with Crippen molar-refractivity contribution in [2.45, 2.75) is 6.18 Å². The van der Waals surface area contributed by atoms with Crippen LogP contribution in [0.1, 0.15) is 15.9 Å². The van der Waals surface area contributed by atoms with Gasteiger partial charge in [0.2, 0.25) is 0 Å². The van der Waals surface area contributed by atoms with E-state index in [0.717, 1.165) is 24.3 Å². The Balaban J connectivity index is 2.18. The van der Waals surface area contributed by atoms with Gasteiger partial charge in [0, 0.05) is 10.7 Å². The number of hydrogen-bond donors (Lipinski definition) is 2. The summed E-state index contributed by atoms with van der Waals surface area (Å²) in [7, 11) is 0. The summed E-state index contributed by atoms with van der Waals surface area (Å²) in [5.41, 5.74) is -0.708. The van der Waals surface area contributed by atoms with Crippen molar-refractivity contribution < 1.29 is 23.1 Å². The number of carbonyl (C=O) groups excluding carboxylic acids is 1. The molecule has 0 aliphatic carbocycles. The molecule has 2 aromatic rings. The Bertz CT molecular complexity index is 669. The fourth-order valence-electron chi connectivity index (χ4n) is 1.63. The monoisotopic (exact) mass is 315 g/mol. The standard InChI is InChI=1S/C14H9ClF3NO2/c15-9-3-6-12(20)11(7-9)13(21)19-10-4-1-8(2-5-10)14(16,17)18/h1-7,20H,(H,19,21). The molecule has 0 unspecified atom stereocenters. The number of aromatic hydroxyl groups is 1. The number of halogens is 4. The van der Waals surface area contributed by atoms with Crippen LogP contribution in [0.3, 0.4) is 0 Å². The van der Waals surface area contributed by atoms with Crippen LogP contribution in [0.4, 0.5) is 18.9 Å². The maximum Gasteiger partial charge on any atom is 0.416 e. The molecule has 2 N–H and O–H groups in total. The van der Waals surface area contributed by atoms with E-state index >= 15 is 0 Å². The molecule has 0 bridgehead atoms. The first-order valence-corrected chi connectivity index (χ1v) is 6.12. The molecule has 0 heterocycles. The van der Waals surface area contributed by atoms with Crippen molar-refractivity contribution in [2.75, 3.05) is 5.32 Å². The van der Waals surface area contributed by atoms with Crippen LogP contribution in [-0.4, -0.2) is 11.0 Å². The molecule has 2 aromatic carbocycles. The Morgan fingerprint density at radius 1 is 1.10 bits per heavy atom. The number of phenolic OH excluding ortho intramolecular Hbond substituents is 1. The van der Waals surface area contributed by atoms with E-state index in [1.807, 2.05) is 0 Å². The van der Waals surface area contributed by atoms with Gasteiger partial charge in [-0.2, -0.15) is 13.2 Å². The lowest BCUT2D eigenvalue weighted by Crippen LogP contribution is -2.12. The molecule has 3 nitrogen and oxygen atoms in total. The number of anilines is 1. The summed E-state index contributed by atoms with van der Waals surface area (Å²) in [6.07, 6.45) is -4.44. The molecular formula is C14H9ClF3NO2. The van der Waals surface area contributed by atoms with Gasteiger partial charge in [-0.15, -0.1) is 0 Å². The van der Waals surface area contributed by atoms with E-state index in [0.29, 0.717) is 0 Å². The molecule has 21 heavy (non-hydrogen) atoms. The van der Waals surface area contributed by atoms with Crippen LogP contribution in [0.5, 0.6) is 5.75 Å². The van der Waals surface area contributed by atoms with Gasteiger partial charge in [-0.25, -0.2) is 0 Å². The number of amides is 1. The van der Waals surface area contributed by atoms with Crippen LogP contribution in [0, 0.1) is 0 Å². The molecule has 0 atom stereocenters. The number of carbonyl (C=O) groups is 1. The predicted molar refractivity (Wildman–Crippen MR) is 72.5 cm³/mol. The third-order valence-corrected chi connectivity index (χ3v) is 2.91. The number of benzene rings is 2. The number of hydrogen-bond acceptors (Lipinski definition) is 2. The second kappa shape index (κ2) is 5.65. The highest BCUT2D eigenvalue weighted by Gasteiger charge is 2.30. The van der Waals surface area contributed by atoms with Crippen molar-refractivity contribution >= 4 is 23.2 Å². The third-order valence-electron chi connectivity index (χ3n) is 2.67. The van der Waals surface area contributed by atoms with E-state index in [-0.39, 0.29) is 22.0 Å². The van der Waals surface area contributed by atoms with Crippen molar-refractivity contribution in [1.29, 1.82) is 0 Å². The fourth-order valence-corrected chi connectivity index (χ4v) is 1.80. The zero-order chi connectivity index (χ0) is 15.6. The summed E-state index contributed by atoms with van der Waals surface area (Å²) < 4.78 is 37.2. The lowest BCUT2D eigenvalue weighted by atomic mass is 10.1. The molecule has 0 aromatic heterocycles. The van der Waals surface area contributed by atoms with Crippen molar-refractivity contribution in [3.05, 3.63) is 58.6 Å². The van der Waals surface area contributed by atoms with Gasteiger partial charge in [0.05, 0.1) is 11.1 Å². The molecular weight excluding hydrogens is 307 g/mol. The third kappa shape index (κ3) is 3.66. The quantitative estimate of drug-likeness (QED) is 0.867. The minimum atomic E-state index is -4.44. The summed E-state index contributed by atoms with van der Waals surface area (Å²) in [4.78, 5) is 11.9. The second-order valence-electron chi connectivity index (χ2n) is 4.19. The van der Waals surface area contributed by atoms with E-state index in [9.17, 15) is 23.1 Å². The Labute approximate surface area is 123 Å². The van der Waals surface area contributed by atoms with Crippen molar-refractivity contribution in [2.24, 2.45) is 0 Å². The van der Waals surface area contributed by atoms with Crippen molar-refractivity contribution in [3.8, 4) is 5.75 Å². The topological polar surface area (TPSA) is 49.3 Å². The van der Waals surface area contributed by atoms with Gasteiger partial charge in [-0.1, -0.05) is 11.6 Å². The van der Waals surface area contributed by atoms with Crippen LogP contribution in [-0.2, 0) is 6.18 Å². The Morgan fingerprint density at radius 2 is 1.71 bits per heavy atom. The Kier molecular flexibility index (Phi) is 4.09. The zero-order valence-electron chi connectivity index (χ0n) is 10.4. The summed E-state index contributed by atoms with van der Waals surface area (Å²) in [6.45, 7) is 0. The Hall–Kier alpha value is -2.21. The number of nitrogens with one attached hydrogen (secondary N) is 1. The van der Waals surface area contributed by atoms with Crippen molar-refractivity contribution in [1.82, 2.24) is 0 Å². The minimum absolute atomic E-state index is 0.0672. The van der Waals surface area contributed by atoms with Crippen LogP contribution in [0.2, 0.25) is 5.02 Å². The molecule has 0 saturated heterocycles. The van der Waals surface area contributed by atoms with E-state index in [1.165, 1.54) is 18.2 Å². The number of phenols is 1. The first kappa shape index (κ1) is 15.2. The molecule has 0 radical (unpaired) electrons. The van der Waals surface area contributed by atoms with Gasteiger partial charge in [0.1, 0.15) is 5.75 Å². The van der Waals surface area contributed by atoms with Crippen LogP contribution in [0.25, 0.3) is 0 Å². The van der Waals surface area contributed by atoms with Gasteiger partial charge in [-0.3, -0.25) is 4.79 Å². The van der Waals surface area contributed by atoms with Gasteiger partial charge >= 0.3 is 6.18 Å². The average Bonchev–Trinajstić information content (AvgIpc) is 2.41. The molecule has 110 valence electrons. The molecule has 0 spiro atoms.